The maximum atomic E-state index is 13.6. The van der Waals surface area contributed by atoms with Gasteiger partial charge in [-0.3, -0.25) is 14.2 Å². The Morgan fingerprint density at radius 1 is 1.07 bits per heavy atom. The number of pyridine rings is 1. The molecular weight excluding hydrogens is 547 g/mol. The summed E-state index contributed by atoms with van der Waals surface area (Å²) >= 11 is 0. The number of rotatable bonds is 8. The first-order chi connectivity index (χ1) is 20.2. The lowest BCUT2D eigenvalue weighted by Crippen LogP contribution is -2.38. The van der Waals surface area contributed by atoms with E-state index in [0.717, 1.165) is 12.1 Å². The average Bonchev–Trinajstić information content (AvgIpc) is 3.53. The largest absolute Gasteiger partial charge is 0.416 e. The molecule has 0 spiro atoms. The highest BCUT2D eigenvalue weighted by molar-refractivity contribution is 5.79. The Morgan fingerprint density at radius 2 is 1.81 bits per heavy atom. The van der Waals surface area contributed by atoms with Gasteiger partial charge in [0, 0.05) is 31.6 Å². The van der Waals surface area contributed by atoms with E-state index in [9.17, 15) is 28.0 Å². The van der Waals surface area contributed by atoms with Crippen LogP contribution >= 0.6 is 0 Å². The number of carbonyl (C=O) groups is 1. The summed E-state index contributed by atoms with van der Waals surface area (Å²) < 4.78 is 40.5. The van der Waals surface area contributed by atoms with Crippen LogP contribution in [0.3, 0.4) is 0 Å². The third kappa shape index (κ3) is 5.90. The molecule has 2 aromatic carbocycles. The van der Waals surface area contributed by atoms with Gasteiger partial charge in [0.2, 0.25) is 5.91 Å². The van der Waals surface area contributed by atoms with E-state index in [1.54, 1.807) is 60.6 Å². The van der Waals surface area contributed by atoms with Crippen molar-refractivity contribution in [2.45, 2.75) is 32.0 Å². The third-order valence-electron chi connectivity index (χ3n) is 6.88. The number of imidazole rings is 1. The number of nitriles is 1. The average molecular weight is 572 g/mol. The fourth-order valence-electron chi connectivity index (χ4n) is 4.68. The van der Waals surface area contributed by atoms with Crippen LogP contribution in [0.5, 0.6) is 0 Å². The summed E-state index contributed by atoms with van der Waals surface area (Å²) in [6.45, 7) is 1.90. The highest BCUT2D eigenvalue weighted by atomic mass is 19.4. The van der Waals surface area contributed by atoms with Crippen molar-refractivity contribution in [1.82, 2.24) is 29.4 Å². The van der Waals surface area contributed by atoms with Crippen LogP contribution in [0, 0.1) is 11.3 Å². The van der Waals surface area contributed by atoms with Crippen molar-refractivity contribution >= 4 is 16.9 Å². The summed E-state index contributed by atoms with van der Waals surface area (Å²) in [6.07, 6.45) is 0.245. The van der Waals surface area contributed by atoms with Gasteiger partial charge in [-0.15, -0.1) is 0 Å². The number of aromatic amines is 1. The minimum absolute atomic E-state index is 0.113. The van der Waals surface area contributed by atoms with Crippen LogP contribution in [0.1, 0.15) is 41.3 Å². The number of carbonyl (C=O) groups excluding carboxylic acids is 1. The molecule has 1 unspecified atom stereocenters. The molecule has 0 aliphatic carbocycles. The summed E-state index contributed by atoms with van der Waals surface area (Å²) in [5.41, 5.74) is 0.451. The second-order valence-corrected chi connectivity index (χ2v) is 9.56. The minimum Gasteiger partial charge on any atom is -0.347 e. The Morgan fingerprint density at radius 3 is 2.45 bits per heavy atom. The molecular formula is C30H24F3N7O2. The molecule has 42 heavy (non-hydrogen) atoms. The predicted octanol–water partition coefficient (Wildman–Crippen LogP) is 4.77. The molecule has 0 saturated heterocycles. The van der Waals surface area contributed by atoms with E-state index < -0.39 is 17.8 Å². The van der Waals surface area contributed by atoms with E-state index in [0.29, 0.717) is 33.8 Å². The number of hydrogen-bond acceptors (Lipinski definition) is 6. The van der Waals surface area contributed by atoms with E-state index in [1.165, 1.54) is 22.9 Å². The molecule has 3 heterocycles. The van der Waals surface area contributed by atoms with Gasteiger partial charge in [-0.2, -0.15) is 18.4 Å². The van der Waals surface area contributed by atoms with E-state index in [1.807, 2.05) is 0 Å². The van der Waals surface area contributed by atoms with Gasteiger partial charge in [-0.1, -0.05) is 12.1 Å². The molecule has 1 amide bonds. The molecule has 212 valence electrons. The Balaban J connectivity index is 1.49. The van der Waals surface area contributed by atoms with Crippen molar-refractivity contribution in [3.05, 3.63) is 118 Å². The van der Waals surface area contributed by atoms with Gasteiger partial charge in [0.1, 0.15) is 11.6 Å². The van der Waals surface area contributed by atoms with E-state index in [-0.39, 0.29) is 36.5 Å². The van der Waals surface area contributed by atoms with Gasteiger partial charge in [0.15, 0.2) is 5.65 Å². The van der Waals surface area contributed by atoms with Crippen LogP contribution in [0.2, 0.25) is 0 Å². The SMILES string of the molecule is CC(c1ncc[nH]1)N(CCc1nc2ncccc2c(=O)n1-c1ccc(C#N)cc1)C(=O)Cc1ccc(C(F)(F)F)cc1. The smallest absolute Gasteiger partial charge is 0.347 e. The molecule has 0 radical (unpaired) electrons. The number of nitrogens with one attached hydrogen (secondary N) is 1. The molecule has 0 saturated carbocycles. The fourth-order valence-corrected chi connectivity index (χ4v) is 4.68. The Hall–Kier alpha value is -5.31. The van der Waals surface area contributed by atoms with Crippen LogP contribution in [-0.2, 0) is 23.8 Å². The van der Waals surface area contributed by atoms with Crippen molar-refractivity contribution in [1.29, 1.82) is 5.26 Å². The maximum Gasteiger partial charge on any atom is 0.416 e. The first-order valence-electron chi connectivity index (χ1n) is 13.0. The van der Waals surface area contributed by atoms with Gasteiger partial charge in [0.05, 0.1) is 40.7 Å². The number of benzene rings is 2. The third-order valence-corrected chi connectivity index (χ3v) is 6.88. The molecule has 5 aromatic rings. The van der Waals surface area contributed by atoms with Crippen LogP contribution in [0.4, 0.5) is 13.2 Å². The molecule has 0 aliphatic heterocycles. The van der Waals surface area contributed by atoms with E-state index >= 15 is 0 Å². The number of halogens is 3. The number of H-pyrrole nitrogens is 1. The van der Waals surface area contributed by atoms with Crippen LogP contribution in [-0.4, -0.2) is 41.9 Å². The van der Waals surface area contributed by atoms with Gasteiger partial charge < -0.3 is 9.88 Å². The fraction of sp³-hybridized carbons (Fsp3) is 0.200. The highest BCUT2D eigenvalue weighted by Crippen LogP contribution is 2.29. The highest BCUT2D eigenvalue weighted by Gasteiger charge is 2.30. The zero-order chi connectivity index (χ0) is 29.9. The van der Waals surface area contributed by atoms with E-state index in [2.05, 4.69) is 26.0 Å². The number of amides is 1. The molecule has 0 aliphatic rings. The van der Waals surface area contributed by atoms with Gasteiger partial charge >= 0.3 is 6.18 Å². The molecule has 0 bridgehead atoms. The van der Waals surface area contributed by atoms with Crippen molar-refractivity contribution in [3.63, 3.8) is 0 Å². The molecule has 0 fully saturated rings. The molecule has 9 nitrogen and oxygen atoms in total. The predicted molar refractivity (Wildman–Crippen MR) is 147 cm³/mol. The monoisotopic (exact) mass is 571 g/mol. The number of fused-ring (bicyclic) bond motifs is 1. The zero-order valence-electron chi connectivity index (χ0n) is 22.3. The van der Waals surface area contributed by atoms with Gasteiger partial charge in [0.25, 0.3) is 5.56 Å². The number of hydrogen-bond donors (Lipinski definition) is 1. The zero-order valence-corrected chi connectivity index (χ0v) is 22.3. The summed E-state index contributed by atoms with van der Waals surface area (Å²) in [4.78, 5) is 44.9. The summed E-state index contributed by atoms with van der Waals surface area (Å²) in [5, 5.41) is 9.51. The molecule has 5 rings (SSSR count). The molecule has 1 N–H and O–H groups in total. The van der Waals surface area contributed by atoms with Crippen molar-refractivity contribution in [3.8, 4) is 11.8 Å². The van der Waals surface area contributed by atoms with Gasteiger partial charge in [-0.25, -0.2) is 15.0 Å². The quantitative estimate of drug-likeness (QED) is 0.287. The van der Waals surface area contributed by atoms with Crippen LogP contribution < -0.4 is 5.56 Å². The molecule has 1 atom stereocenters. The minimum atomic E-state index is -4.48. The summed E-state index contributed by atoms with van der Waals surface area (Å²) in [5.74, 6) is 0.521. The topological polar surface area (TPSA) is 121 Å². The Kier molecular flexibility index (Phi) is 7.84. The second kappa shape index (κ2) is 11.7. The van der Waals surface area contributed by atoms with Gasteiger partial charge in [-0.05, 0) is 61.0 Å². The Labute approximate surface area is 237 Å². The summed E-state index contributed by atoms with van der Waals surface area (Å²) in [6, 6.07) is 15.8. The standard InChI is InChI=1S/C30H24F3N7O2/c1-19(27-36-14-15-37-27)39(26(41)17-20-4-8-22(9-5-20)30(31,32)33)16-12-25-38-28-24(3-2-13-35-28)29(42)40(25)23-10-6-21(18-34)7-11-23/h2-11,13-15,19H,12,16-17H2,1H3,(H,36,37). The lowest BCUT2D eigenvalue weighted by molar-refractivity contribution is -0.137. The first-order valence-corrected chi connectivity index (χ1v) is 13.0. The van der Waals surface area contributed by atoms with Crippen molar-refractivity contribution in [2.24, 2.45) is 0 Å². The second-order valence-electron chi connectivity index (χ2n) is 9.56. The summed E-state index contributed by atoms with van der Waals surface area (Å²) in [7, 11) is 0. The Bertz CT molecular complexity index is 1810. The van der Waals surface area contributed by atoms with Crippen molar-refractivity contribution < 1.29 is 18.0 Å². The number of nitrogens with zero attached hydrogens (tertiary/aromatic N) is 6. The number of alkyl halides is 3. The van der Waals surface area contributed by atoms with E-state index in [4.69, 9.17) is 0 Å². The maximum absolute atomic E-state index is 13.6. The first kappa shape index (κ1) is 28.2. The lowest BCUT2D eigenvalue weighted by atomic mass is 10.1. The van der Waals surface area contributed by atoms with Crippen molar-refractivity contribution in [2.75, 3.05) is 6.54 Å². The molecule has 3 aromatic heterocycles. The normalized spacial score (nSPS) is 12.2. The lowest BCUT2D eigenvalue weighted by Gasteiger charge is -2.28. The van der Waals surface area contributed by atoms with Crippen LogP contribution in [0.15, 0.2) is 84.0 Å². The molecule has 12 heteroatoms. The van der Waals surface area contributed by atoms with Crippen LogP contribution in [0.25, 0.3) is 16.7 Å². The number of aromatic nitrogens is 5.